The Morgan fingerprint density at radius 3 is 2.88 bits per heavy atom. The second-order valence-corrected chi connectivity index (χ2v) is 4.63. The molecule has 17 heavy (non-hydrogen) atoms. The number of hydrogen-bond acceptors (Lipinski definition) is 1. The van der Waals surface area contributed by atoms with Crippen LogP contribution >= 0.6 is 0 Å². The van der Waals surface area contributed by atoms with Gasteiger partial charge in [-0.2, -0.15) is 0 Å². The fourth-order valence-corrected chi connectivity index (χ4v) is 2.08. The van der Waals surface area contributed by atoms with E-state index in [1.54, 1.807) is 0 Å². The van der Waals surface area contributed by atoms with E-state index in [9.17, 15) is 0 Å². The van der Waals surface area contributed by atoms with E-state index in [-0.39, 0.29) is 0 Å². The molecule has 0 fully saturated rings. The molecule has 0 bridgehead atoms. The Morgan fingerprint density at radius 2 is 2.29 bits per heavy atom. The van der Waals surface area contributed by atoms with Crippen molar-refractivity contribution >= 4 is 0 Å². The lowest BCUT2D eigenvalue weighted by atomic mass is 9.92. The molecule has 1 rings (SSSR count). The summed E-state index contributed by atoms with van der Waals surface area (Å²) in [4.78, 5) is 0. The third-order valence-electron chi connectivity index (χ3n) is 3.02. The molecule has 1 nitrogen and oxygen atoms in total. The summed E-state index contributed by atoms with van der Waals surface area (Å²) in [5.74, 6) is 2.77. The first-order chi connectivity index (χ1) is 8.19. The normalized spacial score (nSPS) is 18.1. The molecule has 0 aliphatic heterocycles. The third kappa shape index (κ3) is 4.15. The Bertz CT molecular complexity index is 377. The van der Waals surface area contributed by atoms with Gasteiger partial charge >= 0.3 is 0 Å². The molecular weight excluding hydrogens is 206 g/mol. The Kier molecular flexibility index (Phi) is 5.63. The van der Waals surface area contributed by atoms with E-state index in [1.807, 2.05) is 6.92 Å². The average Bonchev–Trinajstić information content (AvgIpc) is 2.30. The van der Waals surface area contributed by atoms with Crippen molar-refractivity contribution in [2.45, 2.75) is 46.0 Å². The van der Waals surface area contributed by atoms with Gasteiger partial charge in [0.2, 0.25) is 0 Å². The standard InChI is InChI=1S/C16H23N/c1-5-7-11-17-15-10-8-9-14(12-15)16(6-2)13(3)4/h2,12,17H,3,5,7-11H2,1,4H3/b16-14-. The Balaban J connectivity index is 2.79. The van der Waals surface area contributed by atoms with E-state index in [0.29, 0.717) is 0 Å². The molecule has 0 heterocycles. The largest absolute Gasteiger partial charge is 0.388 e. The van der Waals surface area contributed by atoms with Gasteiger partial charge in [-0.25, -0.2) is 0 Å². The van der Waals surface area contributed by atoms with Gasteiger partial charge in [-0.05, 0) is 49.8 Å². The van der Waals surface area contributed by atoms with Crippen LogP contribution in [0.2, 0.25) is 0 Å². The first kappa shape index (κ1) is 13.6. The fraction of sp³-hybridized carbons (Fsp3) is 0.500. The minimum absolute atomic E-state index is 0.986. The number of unbranched alkanes of at least 4 members (excludes halogenated alkanes) is 1. The van der Waals surface area contributed by atoms with Gasteiger partial charge in [0.25, 0.3) is 0 Å². The van der Waals surface area contributed by atoms with Gasteiger partial charge in [0, 0.05) is 17.8 Å². The highest BCUT2D eigenvalue weighted by Crippen LogP contribution is 2.25. The van der Waals surface area contributed by atoms with Crippen LogP contribution in [0, 0.1) is 12.3 Å². The number of rotatable bonds is 5. The molecule has 0 atom stereocenters. The molecule has 0 aromatic carbocycles. The van der Waals surface area contributed by atoms with Crippen LogP contribution in [0.5, 0.6) is 0 Å². The molecule has 0 unspecified atom stereocenters. The maximum absolute atomic E-state index is 5.55. The summed E-state index contributed by atoms with van der Waals surface area (Å²) in [7, 11) is 0. The summed E-state index contributed by atoms with van der Waals surface area (Å²) in [6, 6.07) is 0. The Hall–Kier alpha value is -1.42. The number of nitrogens with one attached hydrogen (secondary N) is 1. The summed E-state index contributed by atoms with van der Waals surface area (Å²) in [5.41, 5.74) is 4.58. The van der Waals surface area contributed by atoms with Gasteiger partial charge in [-0.1, -0.05) is 25.8 Å². The molecule has 0 radical (unpaired) electrons. The summed E-state index contributed by atoms with van der Waals surface area (Å²) in [6.45, 7) is 9.20. The highest BCUT2D eigenvalue weighted by Gasteiger charge is 2.10. The van der Waals surface area contributed by atoms with Crippen LogP contribution in [0.15, 0.2) is 35.1 Å². The van der Waals surface area contributed by atoms with E-state index in [4.69, 9.17) is 6.42 Å². The van der Waals surface area contributed by atoms with Crippen molar-refractivity contribution in [1.82, 2.24) is 5.32 Å². The first-order valence-corrected chi connectivity index (χ1v) is 6.49. The SMILES string of the molecule is C#C/C(C(=C)C)=C1/C=C(NCCCC)CCC1. The molecule has 0 amide bonds. The maximum atomic E-state index is 5.55. The van der Waals surface area contributed by atoms with Crippen molar-refractivity contribution in [3.63, 3.8) is 0 Å². The van der Waals surface area contributed by atoms with Crippen LogP contribution in [0.3, 0.4) is 0 Å². The van der Waals surface area contributed by atoms with Crippen LogP contribution in [-0.2, 0) is 0 Å². The Morgan fingerprint density at radius 1 is 1.53 bits per heavy atom. The zero-order valence-electron chi connectivity index (χ0n) is 11.1. The average molecular weight is 229 g/mol. The molecule has 0 aromatic rings. The topological polar surface area (TPSA) is 12.0 Å². The molecule has 1 aliphatic carbocycles. The second kappa shape index (κ2) is 7.01. The smallest absolute Gasteiger partial charge is 0.0298 e. The van der Waals surface area contributed by atoms with E-state index in [0.717, 1.165) is 30.5 Å². The van der Waals surface area contributed by atoms with Crippen LogP contribution in [0.1, 0.15) is 46.0 Å². The van der Waals surface area contributed by atoms with Gasteiger partial charge in [-0.15, -0.1) is 6.42 Å². The van der Waals surface area contributed by atoms with Crippen molar-refractivity contribution in [3.05, 3.63) is 35.1 Å². The van der Waals surface area contributed by atoms with Gasteiger partial charge in [-0.3, -0.25) is 0 Å². The van der Waals surface area contributed by atoms with Crippen molar-refractivity contribution in [1.29, 1.82) is 0 Å². The van der Waals surface area contributed by atoms with Crippen LogP contribution in [0.25, 0.3) is 0 Å². The van der Waals surface area contributed by atoms with E-state index in [2.05, 4.69) is 30.8 Å². The molecule has 1 N–H and O–H groups in total. The lowest BCUT2D eigenvalue weighted by Gasteiger charge is -2.18. The van der Waals surface area contributed by atoms with E-state index in [1.165, 1.54) is 30.5 Å². The minimum atomic E-state index is 0.986. The number of hydrogen-bond donors (Lipinski definition) is 1. The van der Waals surface area contributed by atoms with Crippen LogP contribution in [0.4, 0.5) is 0 Å². The summed E-state index contributed by atoms with van der Waals surface area (Å²) < 4.78 is 0. The summed E-state index contributed by atoms with van der Waals surface area (Å²) >= 11 is 0. The number of allylic oxidation sites excluding steroid dienone is 5. The zero-order valence-corrected chi connectivity index (χ0v) is 11.1. The maximum Gasteiger partial charge on any atom is 0.0298 e. The van der Waals surface area contributed by atoms with Gasteiger partial charge in [0.15, 0.2) is 0 Å². The minimum Gasteiger partial charge on any atom is -0.388 e. The lowest BCUT2D eigenvalue weighted by Crippen LogP contribution is -2.17. The predicted octanol–water partition coefficient (Wildman–Crippen LogP) is 3.95. The van der Waals surface area contributed by atoms with Crippen molar-refractivity contribution in [2.24, 2.45) is 0 Å². The van der Waals surface area contributed by atoms with Gasteiger partial charge in [0.05, 0.1) is 0 Å². The molecule has 0 saturated carbocycles. The predicted molar refractivity (Wildman–Crippen MR) is 75.5 cm³/mol. The summed E-state index contributed by atoms with van der Waals surface area (Å²) in [6.07, 6.45) is 13.6. The van der Waals surface area contributed by atoms with Gasteiger partial charge in [0.1, 0.15) is 0 Å². The monoisotopic (exact) mass is 229 g/mol. The third-order valence-corrected chi connectivity index (χ3v) is 3.02. The molecule has 0 aromatic heterocycles. The first-order valence-electron chi connectivity index (χ1n) is 6.49. The van der Waals surface area contributed by atoms with Crippen molar-refractivity contribution in [2.75, 3.05) is 6.54 Å². The summed E-state index contributed by atoms with van der Waals surface area (Å²) in [5, 5.41) is 3.50. The van der Waals surface area contributed by atoms with Crippen LogP contribution < -0.4 is 5.32 Å². The van der Waals surface area contributed by atoms with Crippen LogP contribution in [-0.4, -0.2) is 6.54 Å². The number of terminal acetylenes is 1. The quantitative estimate of drug-likeness (QED) is 0.556. The highest BCUT2D eigenvalue weighted by atomic mass is 14.9. The van der Waals surface area contributed by atoms with Gasteiger partial charge < -0.3 is 5.32 Å². The second-order valence-electron chi connectivity index (χ2n) is 4.63. The fourth-order valence-electron chi connectivity index (χ4n) is 2.08. The van der Waals surface area contributed by atoms with E-state index < -0.39 is 0 Å². The molecule has 92 valence electrons. The highest BCUT2D eigenvalue weighted by molar-refractivity contribution is 5.50. The molecule has 1 heteroatoms. The van der Waals surface area contributed by atoms with Crippen molar-refractivity contribution < 1.29 is 0 Å². The van der Waals surface area contributed by atoms with E-state index >= 15 is 0 Å². The lowest BCUT2D eigenvalue weighted by molar-refractivity contribution is 0.653. The zero-order chi connectivity index (χ0) is 12.7. The molecular formula is C16H23N. The Labute approximate surface area is 106 Å². The van der Waals surface area contributed by atoms with Crippen molar-refractivity contribution in [3.8, 4) is 12.3 Å². The molecule has 0 spiro atoms. The molecule has 1 aliphatic rings. The molecule has 0 saturated heterocycles.